The van der Waals surface area contributed by atoms with Crippen molar-refractivity contribution in [2.45, 2.75) is 6.18 Å². The highest BCUT2D eigenvalue weighted by molar-refractivity contribution is 7.79. The molecule has 0 heterocycles. The zero-order valence-corrected chi connectivity index (χ0v) is 12.3. The predicted octanol–water partition coefficient (Wildman–Crippen LogP) is 2.88. The summed E-state index contributed by atoms with van der Waals surface area (Å²) in [6.07, 6.45) is -4.49. The van der Waals surface area contributed by atoms with Gasteiger partial charge in [-0.3, -0.25) is 9.11 Å². The molecule has 0 fully saturated rings. The van der Waals surface area contributed by atoms with Crippen LogP contribution in [0.25, 0.3) is 11.1 Å². The smallest absolute Gasteiger partial charge is 0.397 e. The molecule has 0 saturated heterocycles. The van der Waals surface area contributed by atoms with Crippen molar-refractivity contribution in [3.8, 4) is 11.1 Å². The summed E-state index contributed by atoms with van der Waals surface area (Å²) in [4.78, 5) is 0. The van der Waals surface area contributed by atoms with Gasteiger partial charge in [-0.15, -0.1) is 0 Å². The van der Waals surface area contributed by atoms with E-state index < -0.39 is 27.8 Å². The first-order chi connectivity index (χ1) is 10.4. The van der Waals surface area contributed by atoms with Crippen molar-refractivity contribution in [1.82, 2.24) is 0 Å². The Morgan fingerprint density at radius 1 is 0.870 bits per heavy atom. The van der Waals surface area contributed by atoms with Crippen molar-refractivity contribution in [3.05, 3.63) is 48.0 Å². The second-order valence-corrected chi connectivity index (χ2v) is 5.20. The summed E-state index contributed by atoms with van der Waals surface area (Å²) in [6, 6.07) is 11.2. The molecule has 6 N–H and O–H groups in total. The van der Waals surface area contributed by atoms with Gasteiger partial charge in [0, 0.05) is 5.56 Å². The van der Waals surface area contributed by atoms with E-state index in [-0.39, 0.29) is 5.69 Å². The second kappa shape index (κ2) is 6.86. The summed E-state index contributed by atoms with van der Waals surface area (Å²) in [5.74, 6) is 0. The van der Waals surface area contributed by atoms with Gasteiger partial charge in [-0.05, 0) is 11.6 Å². The second-order valence-electron chi connectivity index (χ2n) is 4.30. The summed E-state index contributed by atoms with van der Waals surface area (Å²) in [7, 11) is -4.67. The molecule has 0 atom stereocenters. The third kappa shape index (κ3) is 5.77. The minimum atomic E-state index is -4.67. The van der Waals surface area contributed by atoms with Crippen LogP contribution in [0, 0.1) is 0 Å². The van der Waals surface area contributed by atoms with Crippen molar-refractivity contribution in [2.75, 3.05) is 11.5 Å². The number of halogens is 3. The average Bonchev–Trinajstić information content (AvgIpc) is 2.39. The first-order valence-electron chi connectivity index (χ1n) is 5.91. The molecule has 0 aliphatic carbocycles. The zero-order chi connectivity index (χ0) is 17.8. The Hall–Kier alpha value is -2.30. The predicted molar refractivity (Wildman–Crippen MR) is 79.9 cm³/mol. The summed E-state index contributed by atoms with van der Waals surface area (Å²) < 4.78 is 69.5. The lowest BCUT2D eigenvalue weighted by Gasteiger charge is -2.15. The van der Waals surface area contributed by atoms with Gasteiger partial charge in [0.05, 0.1) is 16.9 Å². The van der Waals surface area contributed by atoms with Crippen LogP contribution in [0.1, 0.15) is 5.56 Å². The van der Waals surface area contributed by atoms with Gasteiger partial charge >= 0.3 is 16.6 Å². The fourth-order valence-electron chi connectivity index (χ4n) is 1.75. The highest BCUT2D eigenvalue weighted by Crippen LogP contribution is 2.40. The number of alkyl halides is 3. The summed E-state index contributed by atoms with van der Waals surface area (Å²) in [6.45, 7) is 0. The van der Waals surface area contributed by atoms with Crippen LogP contribution >= 0.6 is 0 Å². The van der Waals surface area contributed by atoms with Gasteiger partial charge in [-0.2, -0.15) is 21.6 Å². The SMILES string of the molecule is Nc1c(-c2ccccc2)ccc(C(F)(F)F)c1N.O=S(=O)(O)O. The van der Waals surface area contributed by atoms with Crippen LogP contribution in [0.5, 0.6) is 0 Å². The number of rotatable bonds is 1. The Morgan fingerprint density at radius 2 is 1.35 bits per heavy atom. The summed E-state index contributed by atoms with van der Waals surface area (Å²) >= 11 is 0. The molecular formula is C13H13F3N2O4S. The molecule has 6 nitrogen and oxygen atoms in total. The van der Waals surface area contributed by atoms with Crippen molar-refractivity contribution < 1.29 is 30.7 Å². The molecule has 2 rings (SSSR count). The van der Waals surface area contributed by atoms with E-state index in [0.29, 0.717) is 5.56 Å². The Morgan fingerprint density at radius 3 is 1.78 bits per heavy atom. The van der Waals surface area contributed by atoms with E-state index in [1.807, 2.05) is 6.07 Å². The van der Waals surface area contributed by atoms with Crippen molar-refractivity contribution >= 4 is 21.8 Å². The fraction of sp³-hybridized carbons (Fsp3) is 0.0769. The van der Waals surface area contributed by atoms with Gasteiger partial charge in [0.25, 0.3) is 0 Å². The van der Waals surface area contributed by atoms with Crippen LogP contribution in [0.2, 0.25) is 0 Å². The normalized spacial score (nSPS) is 11.5. The Bertz CT molecular complexity index is 770. The van der Waals surface area contributed by atoms with Gasteiger partial charge in [-0.1, -0.05) is 36.4 Å². The van der Waals surface area contributed by atoms with E-state index >= 15 is 0 Å². The van der Waals surface area contributed by atoms with Gasteiger partial charge < -0.3 is 11.5 Å². The van der Waals surface area contributed by atoms with Crippen LogP contribution in [-0.2, 0) is 16.6 Å². The van der Waals surface area contributed by atoms with E-state index in [4.69, 9.17) is 29.0 Å². The number of benzene rings is 2. The van der Waals surface area contributed by atoms with E-state index in [2.05, 4.69) is 0 Å². The number of hydrogen-bond acceptors (Lipinski definition) is 4. The molecule has 0 aliphatic heterocycles. The topological polar surface area (TPSA) is 127 Å². The van der Waals surface area contributed by atoms with Gasteiger partial charge in [-0.25, -0.2) is 0 Å². The van der Waals surface area contributed by atoms with E-state index in [9.17, 15) is 13.2 Å². The molecule has 126 valence electrons. The highest BCUT2D eigenvalue weighted by Gasteiger charge is 2.34. The molecule has 2 aromatic carbocycles. The highest BCUT2D eigenvalue weighted by atomic mass is 32.3. The Balaban J connectivity index is 0.000000463. The van der Waals surface area contributed by atoms with Crippen LogP contribution in [0.15, 0.2) is 42.5 Å². The molecule has 0 aromatic heterocycles. The molecule has 0 spiro atoms. The lowest BCUT2D eigenvalue weighted by molar-refractivity contribution is -0.136. The number of hydrogen-bond donors (Lipinski definition) is 4. The van der Waals surface area contributed by atoms with Crippen LogP contribution in [-0.4, -0.2) is 17.5 Å². The summed E-state index contributed by atoms with van der Waals surface area (Å²) in [5.41, 5.74) is 11.0. The fourth-order valence-corrected chi connectivity index (χ4v) is 1.75. The minimum absolute atomic E-state index is 0.0453. The van der Waals surface area contributed by atoms with E-state index in [1.165, 1.54) is 6.07 Å². The van der Waals surface area contributed by atoms with Crippen LogP contribution in [0.3, 0.4) is 0 Å². The Labute approximate surface area is 130 Å². The number of nitrogens with two attached hydrogens (primary N) is 2. The molecule has 23 heavy (non-hydrogen) atoms. The quantitative estimate of drug-likeness (QED) is 0.463. The van der Waals surface area contributed by atoms with Gasteiger partial charge in [0.1, 0.15) is 0 Å². The number of anilines is 2. The molecule has 0 radical (unpaired) electrons. The third-order valence-corrected chi connectivity index (χ3v) is 2.68. The summed E-state index contributed by atoms with van der Waals surface area (Å²) in [5, 5.41) is 0. The maximum Gasteiger partial charge on any atom is 0.418 e. The van der Waals surface area contributed by atoms with E-state index in [0.717, 1.165) is 11.6 Å². The molecule has 10 heteroatoms. The molecule has 0 unspecified atom stereocenters. The lowest BCUT2D eigenvalue weighted by Crippen LogP contribution is -2.11. The van der Waals surface area contributed by atoms with Crippen LogP contribution < -0.4 is 11.5 Å². The van der Waals surface area contributed by atoms with Gasteiger partial charge in [0.15, 0.2) is 0 Å². The van der Waals surface area contributed by atoms with Crippen molar-refractivity contribution in [3.63, 3.8) is 0 Å². The Kier molecular flexibility index (Phi) is 5.59. The molecule has 2 aromatic rings. The lowest BCUT2D eigenvalue weighted by atomic mass is 10.00. The molecule has 0 saturated carbocycles. The zero-order valence-electron chi connectivity index (χ0n) is 11.4. The molecule has 0 bridgehead atoms. The van der Waals surface area contributed by atoms with Crippen molar-refractivity contribution in [1.29, 1.82) is 0 Å². The van der Waals surface area contributed by atoms with Crippen molar-refractivity contribution in [2.24, 2.45) is 0 Å². The van der Waals surface area contributed by atoms with E-state index in [1.54, 1.807) is 24.3 Å². The maximum atomic E-state index is 12.6. The molecule has 0 aliphatic rings. The minimum Gasteiger partial charge on any atom is -0.397 e. The molecular weight excluding hydrogens is 337 g/mol. The molecule has 0 amide bonds. The average molecular weight is 350 g/mol. The third-order valence-electron chi connectivity index (χ3n) is 2.68. The largest absolute Gasteiger partial charge is 0.418 e. The monoisotopic (exact) mass is 350 g/mol. The first-order valence-corrected chi connectivity index (χ1v) is 7.31. The van der Waals surface area contributed by atoms with Gasteiger partial charge in [0.2, 0.25) is 0 Å². The first kappa shape index (κ1) is 18.7. The standard InChI is InChI=1S/C13H11F3N2.H2O4S/c14-13(15,16)10-7-6-9(11(17)12(10)18)8-4-2-1-3-5-8;1-5(2,3)4/h1-7H,17-18H2;(H2,1,2,3,4). The number of nitrogen functional groups attached to an aromatic ring is 2. The van der Waals surface area contributed by atoms with Crippen LogP contribution in [0.4, 0.5) is 24.5 Å². The maximum absolute atomic E-state index is 12.6.